The molecular weight excluding hydrogens is 330 g/mol. The molecule has 0 radical (unpaired) electrons. The molecule has 1 aromatic carbocycles. The number of nitrogens with zero attached hydrogens (tertiary/aromatic N) is 1. The SMILES string of the molecule is CC1(C)CC(=O)C=C(C(=O)N(CCc2ccccc2)Cc2ccco2)O1. The van der Waals surface area contributed by atoms with E-state index in [0.717, 1.165) is 5.56 Å². The van der Waals surface area contributed by atoms with Gasteiger partial charge in [0.1, 0.15) is 11.4 Å². The highest BCUT2D eigenvalue weighted by Crippen LogP contribution is 2.26. The number of ketones is 1. The Kier molecular flexibility index (Phi) is 5.26. The van der Waals surface area contributed by atoms with Crippen LogP contribution in [0.5, 0.6) is 0 Å². The lowest BCUT2D eigenvalue weighted by Gasteiger charge is -2.32. The lowest BCUT2D eigenvalue weighted by atomic mass is 9.98. The van der Waals surface area contributed by atoms with Crippen molar-refractivity contribution in [2.45, 2.75) is 38.8 Å². The topological polar surface area (TPSA) is 59.8 Å². The van der Waals surface area contributed by atoms with Crippen LogP contribution in [-0.4, -0.2) is 28.7 Å². The average Bonchev–Trinajstić information content (AvgIpc) is 3.10. The fourth-order valence-corrected chi connectivity index (χ4v) is 2.99. The molecule has 0 atom stereocenters. The molecule has 0 N–H and O–H groups in total. The van der Waals surface area contributed by atoms with Gasteiger partial charge in [-0.2, -0.15) is 0 Å². The van der Waals surface area contributed by atoms with Crippen molar-refractivity contribution in [2.75, 3.05) is 6.54 Å². The Bertz CT molecular complexity index is 791. The molecule has 1 aliphatic heterocycles. The van der Waals surface area contributed by atoms with Crippen molar-refractivity contribution in [2.24, 2.45) is 0 Å². The van der Waals surface area contributed by atoms with Gasteiger partial charge in [-0.25, -0.2) is 0 Å². The van der Waals surface area contributed by atoms with Crippen LogP contribution in [-0.2, 0) is 27.3 Å². The largest absolute Gasteiger partial charge is 0.481 e. The maximum Gasteiger partial charge on any atom is 0.289 e. The monoisotopic (exact) mass is 353 g/mol. The van der Waals surface area contributed by atoms with E-state index in [2.05, 4.69) is 0 Å². The van der Waals surface area contributed by atoms with Gasteiger partial charge in [-0.1, -0.05) is 30.3 Å². The Morgan fingerprint density at radius 3 is 2.58 bits per heavy atom. The summed E-state index contributed by atoms with van der Waals surface area (Å²) < 4.78 is 11.2. The van der Waals surface area contributed by atoms with Gasteiger partial charge in [-0.15, -0.1) is 0 Å². The first-order valence-electron chi connectivity index (χ1n) is 8.72. The molecule has 5 nitrogen and oxygen atoms in total. The first-order chi connectivity index (χ1) is 12.4. The third kappa shape index (κ3) is 4.63. The average molecular weight is 353 g/mol. The zero-order valence-corrected chi connectivity index (χ0v) is 15.1. The van der Waals surface area contributed by atoms with E-state index in [9.17, 15) is 9.59 Å². The Hall–Kier alpha value is -2.82. The lowest BCUT2D eigenvalue weighted by molar-refractivity contribution is -0.138. The van der Waals surface area contributed by atoms with Gasteiger partial charge in [0, 0.05) is 19.0 Å². The number of benzene rings is 1. The van der Waals surface area contributed by atoms with Crippen molar-refractivity contribution >= 4 is 11.7 Å². The molecule has 0 bridgehead atoms. The molecule has 1 amide bonds. The summed E-state index contributed by atoms with van der Waals surface area (Å²) in [6.07, 6.45) is 3.87. The second-order valence-electron chi connectivity index (χ2n) is 7.06. The molecule has 1 aliphatic rings. The number of furan rings is 1. The lowest BCUT2D eigenvalue weighted by Crippen LogP contribution is -2.40. The Morgan fingerprint density at radius 2 is 1.92 bits per heavy atom. The summed E-state index contributed by atoms with van der Waals surface area (Å²) in [4.78, 5) is 26.6. The van der Waals surface area contributed by atoms with Crippen molar-refractivity contribution in [3.63, 3.8) is 0 Å². The normalized spacial score (nSPS) is 15.9. The summed E-state index contributed by atoms with van der Waals surface area (Å²) in [6, 6.07) is 13.6. The molecule has 0 fully saturated rings. The molecule has 5 heteroatoms. The van der Waals surface area contributed by atoms with Crippen LogP contribution in [0.4, 0.5) is 0 Å². The summed E-state index contributed by atoms with van der Waals surface area (Å²) in [5, 5.41) is 0. The van der Waals surface area contributed by atoms with Crippen LogP contribution in [0.25, 0.3) is 0 Å². The van der Waals surface area contributed by atoms with E-state index in [1.807, 2.05) is 50.2 Å². The molecule has 2 heterocycles. The second-order valence-corrected chi connectivity index (χ2v) is 7.06. The highest BCUT2D eigenvalue weighted by molar-refractivity contribution is 6.01. The molecule has 2 aromatic rings. The number of hydrogen-bond acceptors (Lipinski definition) is 4. The minimum absolute atomic E-state index is 0.0920. The molecule has 3 rings (SSSR count). The molecular formula is C21H23NO4. The smallest absolute Gasteiger partial charge is 0.289 e. The van der Waals surface area contributed by atoms with E-state index in [1.165, 1.54) is 6.08 Å². The van der Waals surface area contributed by atoms with Crippen LogP contribution in [0.3, 0.4) is 0 Å². The van der Waals surface area contributed by atoms with Gasteiger partial charge in [0.05, 0.1) is 12.8 Å². The van der Waals surface area contributed by atoms with Gasteiger partial charge in [0.25, 0.3) is 5.91 Å². The molecule has 0 saturated heterocycles. The molecule has 0 unspecified atom stereocenters. The van der Waals surface area contributed by atoms with Gasteiger partial charge in [-0.05, 0) is 38.0 Å². The quantitative estimate of drug-likeness (QED) is 0.797. The van der Waals surface area contributed by atoms with Crippen LogP contribution in [0.1, 0.15) is 31.6 Å². The van der Waals surface area contributed by atoms with E-state index in [-0.39, 0.29) is 23.9 Å². The van der Waals surface area contributed by atoms with Crippen molar-refractivity contribution in [1.82, 2.24) is 4.90 Å². The molecule has 0 saturated carbocycles. The van der Waals surface area contributed by atoms with Crippen molar-refractivity contribution < 1.29 is 18.7 Å². The minimum Gasteiger partial charge on any atom is -0.481 e. The zero-order chi connectivity index (χ0) is 18.6. The van der Waals surface area contributed by atoms with E-state index in [0.29, 0.717) is 25.3 Å². The maximum atomic E-state index is 13.0. The van der Waals surface area contributed by atoms with Crippen molar-refractivity contribution in [1.29, 1.82) is 0 Å². The number of carbonyl (C=O) groups is 2. The Morgan fingerprint density at radius 1 is 1.15 bits per heavy atom. The molecule has 0 aliphatic carbocycles. The van der Waals surface area contributed by atoms with Crippen molar-refractivity contribution in [3.05, 3.63) is 71.9 Å². The Labute approximate surface area is 153 Å². The summed E-state index contributed by atoms with van der Waals surface area (Å²) in [7, 11) is 0. The molecule has 1 aromatic heterocycles. The third-order valence-electron chi connectivity index (χ3n) is 4.22. The summed E-state index contributed by atoms with van der Waals surface area (Å²) in [5.41, 5.74) is 0.465. The predicted molar refractivity (Wildman–Crippen MR) is 97.1 cm³/mol. The van der Waals surface area contributed by atoms with Crippen LogP contribution in [0.2, 0.25) is 0 Å². The van der Waals surface area contributed by atoms with E-state index in [1.54, 1.807) is 17.2 Å². The fraction of sp³-hybridized carbons (Fsp3) is 0.333. The first-order valence-corrected chi connectivity index (χ1v) is 8.72. The van der Waals surface area contributed by atoms with Gasteiger partial charge in [0.2, 0.25) is 0 Å². The third-order valence-corrected chi connectivity index (χ3v) is 4.22. The summed E-state index contributed by atoms with van der Waals surface area (Å²) in [5.74, 6) is 0.406. The minimum atomic E-state index is -0.674. The number of hydrogen-bond donors (Lipinski definition) is 0. The molecule has 0 spiro atoms. The molecule has 136 valence electrons. The van der Waals surface area contributed by atoms with Gasteiger partial charge >= 0.3 is 0 Å². The number of carbonyl (C=O) groups excluding carboxylic acids is 2. The molecule has 26 heavy (non-hydrogen) atoms. The standard InChI is InChI=1S/C21H23NO4/c1-21(2)14-17(23)13-19(26-21)20(24)22(15-18-9-6-12-25-18)11-10-16-7-4-3-5-8-16/h3-9,12-13H,10-11,14-15H2,1-2H3. The predicted octanol–water partition coefficient (Wildman–Crippen LogP) is 3.50. The fourth-order valence-electron chi connectivity index (χ4n) is 2.99. The highest BCUT2D eigenvalue weighted by Gasteiger charge is 2.33. The van der Waals surface area contributed by atoms with Gasteiger partial charge < -0.3 is 14.1 Å². The van der Waals surface area contributed by atoms with Crippen LogP contribution in [0.15, 0.2) is 65.0 Å². The highest BCUT2D eigenvalue weighted by atomic mass is 16.5. The number of amides is 1. The van der Waals surface area contributed by atoms with Gasteiger partial charge in [0.15, 0.2) is 11.5 Å². The first kappa shape index (κ1) is 18.0. The number of rotatable bonds is 6. The van der Waals surface area contributed by atoms with Crippen LogP contribution < -0.4 is 0 Å². The van der Waals surface area contributed by atoms with Crippen molar-refractivity contribution in [3.8, 4) is 0 Å². The van der Waals surface area contributed by atoms with E-state index in [4.69, 9.17) is 9.15 Å². The second kappa shape index (κ2) is 7.60. The Balaban J connectivity index is 1.77. The number of allylic oxidation sites excluding steroid dienone is 1. The zero-order valence-electron chi connectivity index (χ0n) is 15.1. The summed E-state index contributed by atoms with van der Waals surface area (Å²) >= 11 is 0. The summed E-state index contributed by atoms with van der Waals surface area (Å²) in [6.45, 7) is 4.45. The van der Waals surface area contributed by atoms with Crippen LogP contribution in [0, 0.1) is 0 Å². The van der Waals surface area contributed by atoms with E-state index < -0.39 is 5.60 Å². The maximum absolute atomic E-state index is 13.0. The van der Waals surface area contributed by atoms with E-state index >= 15 is 0 Å². The van der Waals surface area contributed by atoms with Crippen LogP contribution >= 0.6 is 0 Å². The number of ether oxygens (including phenoxy) is 1. The van der Waals surface area contributed by atoms with Gasteiger partial charge in [-0.3, -0.25) is 9.59 Å².